The SMILES string of the molecule is C[N+]1(Cc2ccccc2)[C@@H]2CC[C@H]1CC(N1CC(c3ccccc3)(c3ccccc3)NC1=O)C2.[Br-]. The molecule has 0 radical (unpaired) electrons. The van der Waals surface area contributed by atoms with Gasteiger partial charge in [-0.1, -0.05) is 91.0 Å². The third-order valence-electron chi connectivity index (χ3n) is 8.92. The molecular weight excluding hydrogens is 498 g/mol. The van der Waals surface area contributed by atoms with Crippen molar-refractivity contribution in [2.45, 2.75) is 55.9 Å². The van der Waals surface area contributed by atoms with E-state index in [0.717, 1.165) is 35.0 Å². The van der Waals surface area contributed by atoms with Gasteiger partial charge < -0.3 is 31.7 Å². The molecule has 1 N–H and O–H groups in total. The zero-order valence-electron chi connectivity index (χ0n) is 20.3. The lowest BCUT2D eigenvalue weighted by molar-refractivity contribution is -0.961. The van der Waals surface area contributed by atoms with Gasteiger partial charge in [0.15, 0.2) is 0 Å². The molecule has 0 spiro atoms. The van der Waals surface area contributed by atoms with Crippen LogP contribution in [0.4, 0.5) is 4.79 Å². The fraction of sp³-hybridized carbons (Fsp3) is 0.367. The lowest BCUT2D eigenvalue weighted by Gasteiger charge is -2.48. The minimum Gasteiger partial charge on any atom is -1.00 e. The second-order valence-electron chi connectivity index (χ2n) is 10.7. The number of urea groups is 1. The van der Waals surface area contributed by atoms with E-state index in [1.807, 2.05) is 12.1 Å². The van der Waals surface area contributed by atoms with Gasteiger partial charge in [-0.15, -0.1) is 0 Å². The van der Waals surface area contributed by atoms with Crippen LogP contribution in [0.2, 0.25) is 0 Å². The molecule has 35 heavy (non-hydrogen) atoms. The molecule has 2 amide bonds. The van der Waals surface area contributed by atoms with Crippen molar-refractivity contribution < 1.29 is 26.3 Å². The Hall–Kier alpha value is -2.63. The summed E-state index contributed by atoms with van der Waals surface area (Å²) in [5, 5.41) is 3.44. The average Bonchev–Trinajstić information content (AvgIpc) is 3.26. The molecule has 3 aliphatic rings. The molecular formula is C30H34BrN3O. The van der Waals surface area contributed by atoms with Gasteiger partial charge in [0.25, 0.3) is 0 Å². The van der Waals surface area contributed by atoms with Crippen molar-refractivity contribution in [3.05, 3.63) is 108 Å². The Bertz CT molecular complexity index is 1100. The Balaban J connectivity index is 0.00000253. The topological polar surface area (TPSA) is 32.3 Å². The van der Waals surface area contributed by atoms with Crippen molar-refractivity contribution in [1.29, 1.82) is 0 Å². The molecule has 4 nitrogen and oxygen atoms in total. The number of halogens is 1. The number of nitrogens with one attached hydrogen (secondary N) is 1. The molecule has 0 aliphatic carbocycles. The van der Waals surface area contributed by atoms with E-state index in [9.17, 15) is 4.79 Å². The number of fused-ring (bicyclic) bond motifs is 2. The van der Waals surface area contributed by atoms with Gasteiger partial charge in [0.1, 0.15) is 12.1 Å². The summed E-state index contributed by atoms with van der Waals surface area (Å²) in [6, 6.07) is 33.5. The molecule has 2 unspecified atom stereocenters. The molecule has 0 aromatic heterocycles. The molecule has 6 rings (SSSR count). The van der Waals surface area contributed by atoms with Crippen LogP contribution in [0.15, 0.2) is 91.0 Å². The Morgan fingerprint density at radius 2 is 1.31 bits per heavy atom. The maximum Gasteiger partial charge on any atom is 0.318 e. The van der Waals surface area contributed by atoms with E-state index >= 15 is 0 Å². The molecule has 3 fully saturated rings. The van der Waals surface area contributed by atoms with Crippen LogP contribution in [0.1, 0.15) is 42.4 Å². The van der Waals surface area contributed by atoms with E-state index < -0.39 is 5.54 Å². The monoisotopic (exact) mass is 531 g/mol. The number of nitrogens with zero attached hydrogens (tertiary/aromatic N) is 2. The number of benzene rings is 3. The number of amides is 2. The summed E-state index contributed by atoms with van der Waals surface area (Å²) in [6.07, 6.45) is 4.71. The van der Waals surface area contributed by atoms with Gasteiger partial charge >= 0.3 is 6.03 Å². The molecule has 182 valence electrons. The number of carbonyl (C=O) groups is 1. The number of piperidine rings is 1. The Morgan fingerprint density at radius 1 is 0.829 bits per heavy atom. The molecule has 3 aromatic rings. The van der Waals surface area contributed by atoms with Crippen molar-refractivity contribution in [3.63, 3.8) is 0 Å². The molecule has 5 heteroatoms. The first-order valence-corrected chi connectivity index (χ1v) is 12.7. The molecule has 3 aliphatic heterocycles. The summed E-state index contributed by atoms with van der Waals surface area (Å²) in [7, 11) is 2.45. The van der Waals surface area contributed by atoms with Crippen molar-refractivity contribution in [2.24, 2.45) is 0 Å². The fourth-order valence-corrected chi connectivity index (χ4v) is 7.06. The smallest absolute Gasteiger partial charge is 0.318 e. The van der Waals surface area contributed by atoms with Gasteiger partial charge in [-0.25, -0.2) is 4.79 Å². The number of carbonyl (C=O) groups excluding carboxylic acids is 1. The number of hydrogen-bond donors (Lipinski definition) is 1. The second-order valence-corrected chi connectivity index (χ2v) is 10.7. The summed E-state index contributed by atoms with van der Waals surface area (Å²) in [4.78, 5) is 15.7. The first-order chi connectivity index (χ1) is 16.6. The zero-order chi connectivity index (χ0) is 23.2. The number of rotatable bonds is 5. The first kappa shape index (κ1) is 24.1. The van der Waals surface area contributed by atoms with Crippen LogP contribution in [0.25, 0.3) is 0 Å². The van der Waals surface area contributed by atoms with Gasteiger partial charge in [0.05, 0.1) is 25.7 Å². The predicted octanol–water partition coefficient (Wildman–Crippen LogP) is 2.30. The van der Waals surface area contributed by atoms with Crippen LogP contribution in [0.5, 0.6) is 0 Å². The third kappa shape index (κ3) is 4.09. The minimum atomic E-state index is -0.502. The van der Waals surface area contributed by atoms with E-state index in [1.54, 1.807) is 0 Å². The Morgan fingerprint density at radius 3 is 1.83 bits per heavy atom. The highest BCUT2D eigenvalue weighted by atomic mass is 79.9. The van der Waals surface area contributed by atoms with Crippen molar-refractivity contribution in [2.75, 3.05) is 13.6 Å². The van der Waals surface area contributed by atoms with Gasteiger partial charge in [-0.05, 0) is 11.1 Å². The average molecular weight is 533 g/mol. The predicted molar refractivity (Wildman–Crippen MR) is 135 cm³/mol. The van der Waals surface area contributed by atoms with Gasteiger partial charge in [0, 0.05) is 37.3 Å². The summed E-state index contributed by atoms with van der Waals surface area (Å²) in [5.41, 5.74) is 3.23. The van der Waals surface area contributed by atoms with Crippen LogP contribution < -0.4 is 22.3 Å². The maximum absolute atomic E-state index is 13.5. The second kappa shape index (κ2) is 9.44. The van der Waals surface area contributed by atoms with Crippen LogP contribution in [0.3, 0.4) is 0 Å². The molecule has 0 saturated carbocycles. The standard InChI is InChI=1S/C30H33N3O.BrH/c1-33(21-23-11-5-2-6-12-23)27-17-18-28(33)20-26(19-27)32-22-30(31-29(32)34,24-13-7-3-8-14-24)25-15-9-4-10-16-25;/h2-16,26-28H,17-22H2,1H3;1H/t26?,27-,28+,33?;. The van der Waals surface area contributed by atoms with Crippen molar-refractivity contribution >= 4 is 6.03 Å². The van der Waals surface area contributed by atoms with E-state index in [0.29, 0.717) is 24.7 Å². The normalized spacial score (nSPS) is 28.9. The number of quaternary nitrogens is 1. The molecule has 3 saturated heterocycles. The molecule has 3 aromatic carbocycles. The van der Waals surface area contributed by atoms with Crippen LogP contribution >= 0.6 is 0 Å². The fourth-order valence-electron chi connectivity index (χ4n) is 7.06. The highest BCUT2D eigenvalue weighted by Crippen LogP contribution is 2.46. The third-order valence-corrected chi connectivity index (χ3v) is 8.92. The summed E-state index contributed by atoms with van der Waals surface area (Å²) in [6.45, 7) is 1.78. The first-order valence-electron chi connectivity index (χ1n) is 12.7. The van der Waals surface area contributed by atoms with Gasteiger partial charge in [-0.3, -0.25) is 0 Å². The lowest BCUT2D eigenvalue weighted by Crippen LogP contribution is -3.00. The summed E-state index contributed by atoms with van der Waals surface area (Å²) in [5.74, 6) is 0. The lowest BCUT2D eigenvalue weighted by atomic mass is 9.83. The van der Waals surface area contributed by atoms with E-state index in [4.69, 9.17) is 0 Å². The van der Waals surface area contributed by atoms with E-state index in [1.165, 1.54) is 18.4 Å². The van der Waals surface area contributed by atoms with E-state index in [2.05, 4.69) is 96.1 Å². The summed E-state index contributed by atoms with van der Waals surface area (Å²) >= 11 is 0. The van der Waals surface area contributed by atoms with Crippen LogP contribution in [-0.4, -0.2) is 47.1 Å². The Kier molecular flexibility index (Phi) is 6.49. The molecule has 2 bridgehead atoms. The zero-order valence-corrected chi connectivity index (χ0v) is 21.9. The van der Waals surface area contributed by atoms with Crippen molar-refractivity contribution in [3.8, 4) is 0 Å². The highest BCUT2D eigenvalue weighted by molar-refractivity contribution is 5.80. The number of hydrogen-bond acceptors (Lipinski definition) is 1. The Labute approximate surface area is 219 Å². The summed E-state index contributed by atoms with van der Waals surface area (Å²) < 4.78 is 1.12. The van der Waals surface area contributed by atoms with E-state index in [-0.39, 0.29) is 23.0 Å². The largest absolute Gasteiger partial charge is 1.00 e. The quantitative estimate of drug-likeness (QED) is 0.503. The van der Waals surface area contributed by atoms with Crippen molar-refractivity contribution in [1.82, 2.24) is 10.2 Å². The minimum absolute atomic E-state index is 0. The van der Waals surface area contributed by atoms with Crippen LogP contribution in [0, 0.1) is 0 Å². The maximum atomic E-state index is 13.5. The van der Waals surface area contributed by atoms with Gasteiger partial charge in [0.2, 0.25) is 0 Å². The molecule has 4 atom stereocenters. The highest BCUT2D eigenvalue weighted by Gasteiger charge is 2.55. The van der Waals surface area contributed by atoms with Crippen LogP contribution in [-0.2, 0) is 12.1 Å². The molecule has 3 heterocycles. The van der Waals surface area contributed by atoms with Gasteiger partial charge in [-0.2, -0.15) is 0 Å².